The molecule has 0 fully saturated rings. The number of hydrogen-bond donors (Lipinski definition) is 0. The predicted molar refractivity (Wildman–Crippen MR) is 133 cm³/mol. The highest BCUT2D eigenvalue weighted by Crippen LogP contribution is 2.32. The number of rotatable bonds is 4. The molecular weight excluding hydrogens is 454 g/mol. The van der Waals surface area contributed by atoms with Crippen LogP contribution in [0.25, 0.3) is 11.0 Å². The van der Waals surface area contributed by atoms with Crippen LogP contribution in [0.15, 0.2) is 32.8 Å². The van der Waals surface area contributed by atoms with E-state index >= 15 is 0 Å². The number of carbonyl (C=O) groups excluding carboxylic acids is 1. The Labute approximate surface area is 201 Å². The van der Waals surface area contributed by atoms with Gasteiger partial charge in [0.05, 0.1) is 12.9 Å². The van der Waals surface area contributed by atoms with Crippen molar-refractivity contribution in [3.63, 3.8) is 0 Å². The molecule has 0 unspecified atom stereocenters. The fraction of sp³-hybridized carbons (Fsp3) is 0.458. The topological polar surface area (TPSA) is 99.3 Å². The van der Waals surface area contributed by atoms with E-state index in [1.54, 1.807) is 19.1 Å². The maximum atomic E-state index is 13.3. The second kappa shape index (κ2) is 8.90. The molecule has 3 aromatic rings. The highest BCUT2D eigenvalue weighted by atomic mass is 32.2. The van der Waals surface area contributed by atoms with Gasteiger partial charge in [-0.2, -0.15) is 0 Å². The number of thioether (sulfide) groups is 1. The number of fused-ring (bicyclic) bond motifs is 2. The van der Waals surface area contributed by atoms with E-state index < -0.39 is 16.7 Å². The van der Waals surface area contributed by atoms with Gasteiger partial charge in [-0.3, -0.25) is 18.7 Å². The first-order chi connectivity index (χ1) is 16.0. The fourth-order valence-corrected chi connectivity index (χ4v) is 4.93. The third kappa shape index (κ3) is 4.22. The molecule has 1 aliphatic rings. The molecule has 0 bridgehead atoms. The lowest BCUT2D eigenvalue weighted by atomic mass is 9.96. The number of amides is 1. The number of benzene rings is 1. The van der Waals surface area contributed by atoms with Crippen LogP contribution in [-0.4, -0.2) is 44.4 Å². The molecule has 10 heteroatoms. The standard InChI is InChI=1S/C24H29N5O4S/c1-24(2,3)22-25-19-18(21(31)28(5)23(32)27(19)4)20(26-22)34-13-17(30)29-11-7-8-14-12-15(33-6)9-10-16(14)29/h9-10,12H,7-8,11,13H2,1-6H3. The van der Waals surface area contributed by atoms with E-state index in [4.69, 9.17) is 4.74 Å². The Morgan fingerprint density at radius 1 is 1.15 bits per heavy atom. The first-order valence-corrected chi connectivity index (χ1v) is 12.1. The van der Waals surface area contributed by atoms with Gasteiger partial charge in [0.15, 0.2) is 5.65 Å². The van der Waals surface area contributed by atoms with Gasteiger partial charge < -0.3 is 9.64 Å². The number of anilines is 1. The summed E-state index contributed by atoms with van der Waals surface area (Å²) in [5.74, 6) is 1.31. The maximum Gasteiger partial charge on any atom is 0.332 e. The maximum absolute atomic E-state index is 13.3. The van der Waals surface area contributed by atoms with Crippen molar-refractivity contribution < 1.29 is 9.53 Å². The zero-order chi connectivity index (χ0) is 24.8. The number of aryl methyl sites for hydroxylation is 2. The van der Waals surface area contributed by atoms with E-state index in [1.807, 2.05) is 39.0 Å². The second-order valence-corrected chi connectivity index (χ2v) is 10.4. The summed E-state index contributed by atoms with van der Waals surface area (Å²) in [6.45, 7) is 6.52. The molecule has 0 N–H and O–H groups in total. The Hall–Kier alpha value is -3.14. The summed E-state index contributed by atoms with van der Waals surface area (Å²) < 4.78 is 7.72. The quantitative estimate of drug-likeness (QED) is 0.415. The Bertz CT molecular complexity index is 1400. The SMILES string of the molecule is COc1ccc2c(c1)CCCN2C(=O)CSc1nc(C(C)(C)C)nc2c1c(=O)n(C)c(=O)n2C. The minimum absolute atomic E-state index is 0.0677. The first-order valence-electron chi connectivity index (χ1n) is 11.1. The molecule has 0 atom stereocenters. The van der Waals surface area contributed by atoms with Crippen LogP contribution in [0.5, 0.6) is 5.75 Å². The monoisotopic (exact) mass is 483 g/mol. The van der Waals surface area contributed by atoms with Crippen LogP contribution >= 0.6 is 11.8 Å². The summed E-state index contributed by atoms with van der Waals surface area (Å²) in [5, 5.41) is 0.658. The molecule has 0 spiro atoms. The van der Waals surface area contributed by atoms with Crippen molar-refractivity contribution in [2.45, 2.75) is 44.1 Å². The minimum Gasteiger partial charge on any atom is -0.497 e. The third-order valence-corrected chi connectivity index (χ3v) is 6.94. The molecular formula is C24H29N5O4S. The Kier molecular flexibility index (Phi) is 6.28. The van der Waals surface area contributed by atoms with E-state index in [0.29, 0.717) is 17.4 Å². The van der Waals surface area contributed by atoms with Crippen LogP contribution in [0.2, 0.25) is 0 Å². The summed E-state index contributed by atoms with van der Waals surface area (Å²) in [7, 11) is 4.64. The minimum atomic E-state index is -0.469. The predicted octanol–water partition coefficient (Wildman–Crippen LogP) is 2.40. The van der Waals surface area contributed by atoms with Crippen molar-refractivity contribution >= 4 is 34.4 Å². The summed E-state index contributed by atoms with van der Waals surface area (Å²) in [6.07, 6.45) is 1.75. The van der Waals surface area contributed by atoms with E-state index in [2.05, 4.69) is 9.97 Å². The van der Waals surface area contributed by atoms with Gasteiger partial charge >= 0.3 is 5.69 Å². The van der Waals surface area contributed by atoms with Gasteiger partial charge in [0.25, 0.3) is 5.56 Å². The fourth-order valence-electron chi connectivity index (χ4n) is 4.04. The summed E-state index contributed by atoms with van der Waals surface area (Å²) in [4.78, 5) is 49.8. The highest BCUT2D eigenvalue weighted by Gasteiger charge is 2.26. The average Bonchev–Trinajstić information content (AvgIpc) is 2.82. The van der Waals surface area contributed by atoms with Crippen LogP contribution in [0.3, 0.4) is 0 Å². The zero-order valence-corrected chi connectivity index (χ0v) is 21.2. The molecule has 9 nitrogen and oxygen atoms in total. The molecule has 2 aromatic heterocycles. The van der Waals surface area contributed by atoms with E-state index in [0.717, 1.165) is 34.4 Å². The Morgan fingerprint density at radius 3 is 2.56 bits per heavy atom. The zero-order valence-electron chi connectivity index (χ0n) is 20.3. The number of aromatic nitrogens is 4. The van der Waals surface area contributed by atoms with Crippen LogP contribution in [0.4, 0.5) is 5.69 Å². The highest BCUT2D eigenvalue weighted by molar-refractivity contribution is 8.00. The van der Waals surface area contributed by atoms with Crippen molar-refractivity contribution in [3.05, 3.63) is 50.4 Å². The molecule has 3 heterocycles. The molecule has 0 saturated carbocycles. The normalized spacial score (nSPS) is 13.8. The van der Waals surface area contributed by atoms with E-state index in [1.165, 1.54) is 23.4 Å². The average molecular weight is 484 g/mol. The van der Waals surface area contributed by atoms with Crippen molar-refractivity contribution in [2.75, 3.05) is 24.3 Å². The second-order valence-electron chi connectivity index (χ2n) is 9.44. The third-order valence-electron chi connectivity index (χ3n) is 5.98. The molecule has 1 aromatic carbocycles. The smallest absolute Gasteiger partial charge is 0.332 e. The molecule has 34 heavy (non-hydrogen) atoms. The molecule has 0 saturated heterocycles. The van der Waals surface area contributed by atoms with Gasteiger partial charge in [-0.15, -0.1) is 0 Å². The lowest BCUT2D eigenvalue weighted by molar-refractivity contribution is -0.116. The van der Waals surface area contributed by atoms with Crippen molar-refractivity contribution in [1.29, 1.82) is 0 Å². The first kappa shape index (κ1) is 24.0. The molecule has 180 valence electrons. The summed E-state index contributed by atoms with van der Waals surface area (Å²) >= 11 is 1.21. The van der Waals surface area contributed by atoms with Crippen LogP contribution in [0, 0.1) is 0 Å². The molecule has 1 amide bonds. The number of methoxy groups -OCH3 is 1. The lowest BCUT2D eigenvalue weighted by Crippen LogP contribution is -2.38. The van der Waals surface area contributed by atoms with Gasteiger partial charge in [0, 0.05) is 31.7 Å². The van der Waals surface area contributed by atoms with Gasteiger partial charge in [0.2, 0.25) is 5.91 Å². The Morgan fingerprint density at radius 2 is 1.88 bits per heavy atom. The van der Waals surface area contributed by atoms with Crippen molar-refractivity contribution in [2.24, 2.45) is 14.1 Å². The molecule has 4 rings (SSSR count). The molecule has 1 aliphatic heterocycles. The van der Waals surface area contributed by atoms with Crippen molar-refractivity contribution in [1.82, 2.24) is 19.1 Å². The molecule has 0 aliphatic carbocycles. The van der Waals surface area contributed by atoms with E-state index in [-0.39, 0.29) is 22.7 Å². The Balaban J connectivity index is 1.72. The number of ether oxygens (including phenoxy) is 1. The number of hydrogen-bond acceptors (Lipinski definition) is 7. The van der Waals surface area contributed by atoms with Crippen LogP contribution in [-0.2, 0) is 30.7 Å². The summed E-state index contributed by atoms with van der Waals surface area (Å²) in [6, 6.07) is 5.74. The number of nitrogens with zero attached hydrogens (tertiary/aromatic N) is 5. The van der Waals surface area contributed by atoms with Crippen LogP contribution in [0.1, 0.15) is 38.6 Å². The van der Waals surface area contributed by atoms with Crippen LogP contribution < -0.4 is 20.9 Å². The van der Waals surface area contributed by atoms with Gasteiger partial charge in [-0.25, -0.2) is 14.8 Å². The van der Waals surface area contributed by atoms with Gasteiger partial charge in [-0.05, 0) is 36.6 Å². The number of carbonyl (C=O) groups is 1. The summed E-state index contributed by atoms with van der Waals surface area (Å²) in [5.41, 5.74) is 0.912. The van der Waals surface area contributed by atoms with E-state index in [9.17, 15) is 14.4 Å². The van der Waals surface area contributed by atoms with Gasteiger partial charge in [0.1, 0.15) is 22.0 Å². The largest absolute Gasteiger partial charge is 0.497 e. The van der Waals surface area contributed by atoms with Crippen molar-refractivity contribution in [3.8, 4) is 5.75 Å². The molecule has 0 radical (unpaired) electrons. The van der Waals surface area contributed by atoms with Gasteiger partial charge in [-0.1, -0.05) is 32.5 Å². The lowest BCUT2D eigenvalue weighted by Gasteiger charge is -2.29.